The first-order valence-electron chi connectivity index (χ1n) is 0.658. The molecule has 0 unspecified atom stereocenters. The monoisotopic (exact) mass is 166 g/mol. The molecule has 0 bridgehead atoms. The molecule has 0 amide bonds. The topological polar surface area (TPSA) is 70.0 Å². The van der Waals surface area contributed by atoms with Gasteiger partial charge in [-0.2, -0.15) is 0 Å². The van der Waals surface area contributed by atoms with Crippen LogP contribution in [0, 0.1) is 5.41 Å². The zero-order valence-electron chi connectivity index (χ0n) is 2.12. The van der Waals surface area contributed by atoms with Crippen LogP contribution in [0.3, 0.4) is 0 Å². The van der Waals surface area contributed by atoms with Gasteiger partial charge < -0.3 is 15.6 Å². The van der Waals surface area contributed by atoms with Gasteiger partial charge in [0, 0.05) is 22.4 Å². The van der Waals surface area contributed by atoms with Crippen LogP contribution in [0.25, 0.3) is 0 Å². The van der Waals surface area contributed by atoms with E-state index in [1.807, 2.05) is 0 Å². The summed E-state index contributed by atoms with van der Waals surface area (Å²) in [6.45, 7) is 0. The Morgan fingerprint density at radius 2 is 1.40 bits per heavy atom. The summed E-state index contributed by atoms with van der Waals surface area (Å²) in [4.78, 5) is 0. The molecule has 0 aliphatic rings. The number of hydrogen-bond donors (Lipinski definition) is 1. The summed E-state index contributed by atoms with van der Waals surface area (Å²) >= 11 is 0. The third-order valence-corrected chi connectivity index (χ3v) is 0. The van der Waals surface area contributed by atoms with Crippen molar-refractivity contribution in [3.05, 3.63) is 0 Å². The van der Waals surface area contributed by atoms with Crippen molar-refractivity contribution in [3.63, 3.8) is 0 Å². The molecule has 0 saturated heterocycles. The fraction of sp³-hybridized carbons (Fsp3) is 0. The third kappa shape index (κ3) is 154000. The van der Waals surface area contributed by atoms with Crippen molar-refractivity contribution >= 4 is 6.08 Å². The fourth-order valence-corrected chi connectivity index (χ4v) is 0. The fourth-order valence-electron chi connectivity index (χ4n) is 0. The van der Waals surface area contributed by atoms with Crippen molar-refractivity contribution in [1.29, 1.82) is 5.41 Å². The number of nitrogens with one attached hydrogen (secondary N) is 1. The summed E-state index contributed by atoms with van der Waals surface area (Å²) in [5, 5.41) is 22.5. The molecule has 1 N–H and O–H groups in total. The van der Waals surface area contributed by atoms with Gasteiger partial charge >= 0.3 is 0 Å². The van der Waals surface area contributed by atoms with Gasteiger partial charge in [-0.15, -0.1) is 6.08 Å². The van der Waals surface area contributed by atoms with Crippen molar-refractivity contribution in [2.45, 2.75) is 0 Å². The van der Waals surface area contributed by atoms with Crippen LogP contribution in [0.1, 0.15) is 0 Å². The average molecular weight is 167 g/mol. The van der Waals surface area contributed by atoms with E-state index in [9.17, 15) is 0 Å². The van der Waals surface area contributed by atoms with Crippen LogP contribution < -0.4 is 10.2 Å². The Labute approximate surface area is 44.6 Å². The van der Waals surface area contributed by atoms with Crippen LogP contribution in [0.5, 0.6) is 0 Å². The van der Waals surface area contributed by atoms with E-state index in [4.69, 9.17) is 15.6 Å². The molecule has 0 aromatic carbocycles. The predicted molar refractivity (Wildman–Crippen MR) is 7.73 cm³/mol. The molecule has 0 aromatic rings. The molecule has 0 fully saturated rings. The Morgan fingerprint density at radius 3 is 1.40 bits per heavy atom. The minimum Gasteiger partial charge on any atom is -0.871 e. The molecule has 0 aliphatic carbocycles. The van der Waals surface area contributed by atoms with Gasteiger partial charge in [-0.25, -0.2) is 0 Å². The van der Waals surface area contributed by atoms with Crippen molar-refractivity contribution in [2.24, 2.45) is 0 Å². The van der Waals surface area contributed by atoms with Gasteiger partial charge in [-0.3, -0.25) is 0 Å². The van der Waals surface area contributed by atoms with E-state index in [-0.39, 0.29) is 22.4 Å². The smallest absolute Gasteiger partial charge is 0 e. The quantitative estimate of drug-likeness (QED) is 0.249. The molecule has 0 atom stereocenters. The van der Waals surface area contributed by atoms with E-state index < -0.39 is 6.08 Å². The first-order chi connectivity index (χ1) is 1.73. The summed E-state index contributed by atoms with van der Waals surface area (Å²) in [6.07, 6.45) is -1.83. The van der Waals surface area contributed by atoms with Crippen molar-refractivity contribution < 1.29 is 32.6 Å². The first kappa shape index (κ1) is 8.89. The van der Waals surface area contributed by atoms with Crippen LogP contribution in [0.15, 0.2) is 0 Å². The molecule has 4 heteroatoms. The van der Waals surface area contributed by atoms with Gasteiger partial charge in [-0.05, 0) is 0 Å². The molecule has 3 nitrogen and oxygen atoms in total. The van der Waals surface area contributed by atoms with Crippen molar-refractivity contribution in [2.75, 3.05) is 0 Å². The Kier molecular flexibility index (Phi) is 7.13. The van der Waals surface area contributed by atoms with Gasteiger partial charge in [0.15, 0.2) is 0 Å². The largest absolute Gasteiger partial charge is 0.871 e. The van der Waals surface area contributed by atoms with Crippen LogP contribution >= 0.6 is 0 Å². The SMILES string of the molecule is N=C([O-])[O-].[Ag]. The second kappa shape index (κ2) is 4.01. The minimum absolute atomic E-state index is 0. The van der Waals surface area contributed by atoms with E-state index in [2.05, 4.69) is 0 Å². The molecule has 0 aliphatic heterocycles. The summed E-state index contributed by atoms with van der Waals surface area (Å²) in [5.74, 6) is 0. The molecular weight excluding hydrogens is 166 g/mol. The molecule has 0 heterocycles. The standard InChI is InChI=1S/CH3NO2.Ag/c2-1(3)4;/h(H3,2,3,4);/p-2. The van der Waals surface area contributed by atoms with E-state index in [0.29, 0.717) is 0 Å². The van der Waals surface area contributed by atoms with Crippen LogP contribution in [-0.2, 0) is 22.4 Å². The van der Waals surface area contributed by atoms with Crippen LogP contribution in [-0.4, -0.2) is 6.08 Å². The Morgan fingerprint density at radius 1 is 1.40 bits per heavy atom. The maximum Gasteiger partial charge on any atom is 0 e. The van der Waals surface area contributed by atoms with E-state index >= 15 is 0 Å². The predicted octanol–water partition coefficient (Wildman–Crippen LogP) is -2.36. The second-order valence-electron chi connectivity index (χ2n) is 0.287. The molecule has 0 aromatic heterocycles. The zero-order valence-corrected chi connectivity index (χ0v) is 3.60. The van der Waals surface area contributed by atoms with Gasteiger partial charge in [0.1, 0.15) is 0 Å². The molecular formula is CHAgNO2-2. The van der Waals surface area contributed by atoms with Gasteiger partial charge in [0.2, 0.25) is 0 Å². The summed E-state index contributed by atoms with van der Waals surface area (Å²) < 4.78 is 0. The van der Waals surface area contributed by atoms with Crippen LogP contribution in [0.2, 0.25) is 0 Å². The Hall–Kier alpha value is 0.0103. The average Bonchev–Trinajstić information content (AvgIpc) is 0.811. The first-order valence-corrected chi connectivity index (χ1v) is 0.658. The molecule has 5 heavy (non-hydrogen) atoms. The van der Waals surface area contributed by atoms with Crippen LogP contribution in [0.4, 0.5) is 0 Å². The summed E-state index contributed by atoms with van der Waals surface area (Å²) in [6, 6.07) is 0. The maximum atomic E-state index is 8.56. The zero-order chi connectivity index (χ0) is 3.58. The minimum atomic E-state index is -1.83. The Bertz CT molecular complexity index is 32.6. The van der Waals surface area contributed by atoms with Gasteiger partial charge in [-0.1, -0.05) is 0 Å². The third-order valence-electron chi connectivity index (χ3n) is 0. The maximum absolute atomic E-state index is 8.56. The van der Waals surface area contributed by atoms with E-state index in [1.165, 1.54) is 0 Å². The molecule has 0 saturated carbocycles. The molecule has 1 radical (unpaired) electrons. The number of hydrogen-bond acceptors (Lipinski definition) is 3. The normalized spacial score (nSPS) is 4.80. The summed E-state index contributed by atoms with van der Waals surface area (Å²) in [5.41, 5.74) is 0. The van der Waals surface area contributed by atoms with Gasteiger partial charge in [0.25, 0.3) is 0 Å². The number of rotatable bonds is 0. The van der Waals surface area contributed by atoms with Gasteiger partial charge in [0.05, 0.1) is 0 Å². The van der Waals surface area contributed by atoms with E-state index in [1.54, 1.807) is 0 Å². The molecule has 35 valence electrons. The summed E-state index contributed by atoms with van der Waals surface area (Å²) in [7, 11) is 0. The van der Waals surface area contributed by atoms with Crippen molar-refractivity contribution in [3.8, 4) is 0 Å². The Balaban J connectivity index is 0. The second-order valence-corrected chi connectivity index (χ2v) is 0.287. The molecule has 0 spiro atoms. The molecule has 0 rings (SSSR count). The van der Waals surface area contributed by atoms with E-state index in [0.717, 1.165) is 0 Å². The van der Waals surface area contributed by atoms with Crippen molar-refractivity contribution in [1.82, 2.24) is 0 Å².